The van der Waals surface area contributed by atoms with E-state index in [1.54, 1.807) is 19.2 Å². The summed E-state index contributed by atoms with van der Waals surface area (Å²) in [5.74, 6) is 0.634. The summed E-state index contributed by atoms with van der Waals surface area (Å²) in [4.78, 5) is 31.2. The minimum absolute atomic E-state index is 0.0534. The van der Waals surface area contributed by atoms with Gasteiger partial charge in [-0.3, -0.25) is 14.2 Å². The summed E-state index contributed by atoms with van der Waals surface area (Å²) in [6.45, 7) is 2.52. The third-order valence-electron chi connectivity index (χ3n) is 4.29. The fourth-order valence-electron chi connectivity index (χ4n) is 2.80. The van der Waals surface area contributed by atoms with Crippen LogP contribution in [-0.4, -0.2) is 41.6 Å². The third kappa shape index (κ3) is 4.47. The lowest BCUT2D eigenvalue weighted by Crippen LogP contribution is -2.38. The Morgan fingerprint density at radius 3 is 2.69 bits per heavy atom. The van der Waals surface area contributed by atoms with E-state index in [9.17, 15) is 14.0 Å². The molecule has 3 rings (SSSR count). The Labute approximate surface area is 164 Å². The molecule has 1 saturated heterocycles. The number of Topliss-reactive ketones (excluding diaryl/α,β-unsaturated/α-hetero) is 1. The van der Waals surface area contributed by atoms with Crippen LogP contribution in [0, 0.1) is 9.39 Å². The van der Waals surface area contributed by atoms with Crippen LogP contribution in [-0.2, 0) is 29.4 Å². The van der Waals surface area contributed by atoms with E-state index in [1.807, 2.05) is 27.5 Å². The second-order valence-electron chi connectivity index (χ2n) is 6.17. The zero-order valence-electron chi connectivity index (χ0n) is 14.4. The van der Waals surface area contributed by atoms with Crippen LogP contribution in [0.25, 0.3) is 0 Å². The van der Waals surface area contributed by atoms with Crippen molar-refractivity contribution in [2.75, 3.05) is 31.2 Å². The summed E-state index contributed by atoms with van der Waals surface area (Å²) in [6, 6.07) is 6.11. The number of carbonyl (C=O) groups excluding carboxylic acids is 1. The molecular formula is C18H19FIN3O3. The molecule has 0 saturated carbocycles. The van der Waals surface area contributed by atoms with Crippen molar-refractivity contribution in [1.29, 1.82) is 0 Å². The first-order valence-electron chi connectivity index (χ1n) is 8.29. The third-order valence-corrected chi connectivity index (χ3v) is 5.12. The summed E-state index contributed by atoms with van der Waals surface area (Å²) in [6.07, 6.45) is 0.228. The smallest absolute Gasteiger partial charge is 0.255 e. The topological polar surface area (TPSA) is 64.4 Å². The second kappa shape index (κ2) is 8.26. The van der Waals surface area contributed by atoms with Crippen molar-refractivity contribution < 1.29 is 13.9 Å². The predicted octanol–water partition coefficient (Wildman–Crippen LogP) is 1.71. The summed E-state index contributed by atoms with van der Waals surface area (Å²) in [5.41, 5.74) is 0.552. The maximum atomic E-state index is 13.3. The van der Waals surface area contributed by atoms with Crippen molar-refractivity contribution in [3.05, 3.63) is 55.4 Å². The quantitative estimate of drug-likeness (QED) is 0.622. The highest BCUT2D eigenvalue weighted by atomic mass is 127. The molecule has 0 atom stereocenters. The van der Waals surface area contributed by atoms with Crippen LogP contribution in [0.5, 0.6) is 0 Å². The predicted molar refractivity (Wildman–Crippen MR) is 104 cm³/mol. The average Bonchev–Trinajstić information content (AvgIpc) is 2.62. The number of halogens is 2. The Morgan fingerprint density at radius 2 is 2.00 bits per heavy atom. The van der Waals surface area contributed by atoms with Gasteiger partial charge in [0.2, 0.25) is 0 Å². The number of nitrogens with zero attached hydrogens (tertiary/aromatic N) is 3. The van der Waals surface area contributed by atoms with E-state index in [4.69, 9.17) is 4.74 Å². The molecular weight excluding hydrogens is 452 g/mol. The normalized spacial score (nSPS) is 14.5. The Bertz CT molecular complexity index is 878. The minimum Gasteiger partial charge on any atom is -0.378 e. The van der Waals surface area contributed by atoms with Crippen LogP contribution in [0.3, 0.4) is 0 Å². The van der Waals surface area contributed by atoms with Crippen LogP contribution >= 0.6 is 22.6 Å². The molecule has 138 valence electrons. The summed E-state index contributed by atoms with van der Waals surface area (Å²) in [7, 11) is 1.61. The van der Waals surface area contributed by atoms with Crippen LogP contribution in [0.1, 0.15) is 11.4 Å². The van der Waals surface area contributed by atoms with Crippen molar-refractivity contribution in [2.24, 2.45) is 7.05 Å². The zero-order chi connectivity index (χ0) is 18.7. The minimum atomic E-state index is -0.302. The van der Waals surface area contributed by atoms with Gasteiger partial charge in [-0.2, -0.15) is 0 Å². The number of rotatable bonds is 5. The van der Waals surface area contributed by atoms with E-state index in [2.05, 4.69) is 4.98 Å². The van der Waals surface area contributed by atoms with Gasteiger partial charge in [-0.25, -0.2) is 9.37 Å². The fourth-order valence-corrected chi connectivity index (χ4v) is 3.38. The molecule has 0 unspecified atom stereocenters. The first-order chi connectivity index (χ1) is 12.4. The number of ether oxygens (including phenoxy) is 1. The molecule has 0 N–H and O–H groups in total. The lowest BCUT2D eigenvalue weighted by molar-refractivity contribution is -0.117. The van der Waals surface area contributed by atoms with Crippen molar-refractivity contribution in [3.8, 4) is 0 Å². The molecule has 8 heteroatoms. The van der Waals surface area contributed by atoms with Gasteiger partial charge in [0.05, 0.1) is 19.6 Å². The second-order valence-corrected chi connectivity index (χ2v) is 7.33. The van der Waals surface area contributed by atoms with Crippen molar-refractivity contribution in [2.45, 2.75) is 12.8 Å². The zero-order valence-corrected chi connectivity index (χ0v) is 16.5. The standard InChI is InChI=1S/C18H19FIN3O3/c1-22-16(10-13(24)8-12-2-3-14(19)15(20)9-12)21-17(11-18(22)25)23-4-6-26-7-5-23/h2-3,9,11H,4-8,10H2,1H3. The SMILES string of the molecule is Cn1c(CC(=O)Cc2ccc(F)c(I)c2)nc(N2CCOCC2)cc1=O. The highest BCUT2D eigenvalue weighted by Gasteiger charge is 2.17. The van der Waals surface area contributed by atoms with Crippen LogP contribution in [0.15, 0.2) is 29.1 Å². The van der Waals surface area contributed by atoms with Gasteiger partial charge in [-0.05, 0) is 40.3 Å². The van der Waals surface area contributed by atoms with Gasteiger partial charge >= 0.3 is 0 Å². The molecule has 6 nitrogen and oxygen atoms in total. The van der Waals surface area contributed by atoms with Gasteiger partial charge < -0.3 is 9.64 Å². The van der Waals surface area contributed by atoms with E-state index in [-0.39, 0.29) is 30.0 Å². The van der Waals surface area contributed by atoms with Crippen LogP contribution in [0.4, 0.5) is 10.2 Å². The molecule has 2 heterocycles. The van der Waals surface area contributed by atoms with E-state index in [0.29, 0.717) is 41.5 Å². The number of anilines is 1. The highest BCUT2D eigenvalue weighted by molar-refractivity contribution is 14.1. The fraction of sp³-hybridized carbons (Fsp3) is 0.389. The molecule has 1 aliphatic rings. The summed E-state index contributed by atoms with van der Waals surface area (Å²) >= 11 is 1.90. The number of hydrogen-bond donors (Lipinski definition) is 0. The van der Waals surface area contributed by atoms with Gasteiger partial charge in [-0.1, -0.05) is 6.07 Å². The van der Waals surface area contributed by atoms with E-state index >= 15 is 0 Å². The molecule has 0 radical (unpaired) electrons. The summed E-state index contributed by atoms with van der Waals surface area (Å²) < 4.78 is 20.5. The van der Waals surface area contributed by atoms with Gasteiger partial charge in [0.15, 0.2) is 0 Å². The lowest BCUT2D eigenvalue weighted by atomic mass is 10.1. The van der Waals surface area contributed by atoms with Gasteiger partial charge in [-0.15, -0.1) is 0 Å². The van der Waals surface area contributed by atoms with Gasteiger partial charge in [0.25, 0.3) is 5.56 Å². The number of morpholine rings is 1. The molecule has 1 aliphatic heterocycles. The highest BCUT2D eigenvalue weighted by Crippen LogP contribution is 2.15. The molecule has 2 aromatic rings. The molecule has 0 amide bonds. The Balaban J connectivity index is 1.77. The van der Waals surface area contributed by atoms with E-state index in [0.717, 1.165) is 5.56 Å². The van der Waals surface area contributed by atoms with Gasteiger partial charge in [0.1, 0.15) is 23.2 Å². The molecule has 26 heavy (non-hydrogen) atoms. The van der Waals surface area contributed by atoms with Crippen molar-refractivity contribution in [1.82, 2.24) is 9.55 Å². The average molecular weight is 471 g/mol. The molecule has 1 aromatic carbocycles. The number of carbonyl (C=O) groups is 1. The summed E-state index contributed by atoms with van der Waals surface area (Å²) in [5, 5.41) is 0. The Kier molecular flexibility index (Phi) is 6.02. The number of aromatic nitrogens is 2. The van der Waals surface area contributed by atoms with E-state index in [1.165, 1.54) is 16.7 Å². The largest absolute Gasteiger partial charge is 0.378 e. The van der Waals surface area contributed by atoms with E-state index < -0.39 is 0 Å². The monoisotopic (exact) mass is 471 g/mol. The number of benzene rings is 1. The Hall–Kier alpha value is -1.81. The number of hydrogen-bond acceptors (Lipinski definition) is 5. The van der Waals surface area contributed by atoms with Crippen LogP contribution < -0.4 is 10.5 Å². The lowest BCUT2D eigenvalue weighted by Gasteiger charge is -2.28. The molecule has 0 aliphatic carbocycles. The van der Waals surface area contributed by atoms with Crippen molar-refractivity contribution >= 4 is 34.2 Å². The maximum absolute atomic E-state index is 13.3. The van der Waals surface area contributed by atoms with Crippen molar-refractivity contribution in [3.63, 3.8) is 0 Å². The first-order valence-corrected chi connectivity index (χ1v) is 9.37. The van der Waals surface area contributed by atoms with Gasteiger partial charge in [0, 0.05) is 36.2 Å². The number of ketones is 1. The molecule has 0 spiro atoms. The van der Waals surface area contributed by atoms with Crippen LogP contribution in [0.2, 0.25) is 0 Å². The first kappa shape index (κ1) is 19.0. The molecule has 1 fully saturated rings. The maximum Gasteiger partial charge on any atom is 0.255 e. The Morgan fingerprint density at radius 1 is 1.27 bits per heavy atom. The molecule has 1 aromatic heterocycles. The molecule has 0 bridgehead atoms.